The lowest BCUT2D eigenvalue weighted by atomic mass is 9.99. The van der Waals surface area contributed by atoms with Crippen LogP contribution in [0.15, 0.2) is 97.2 Å². The summed E-state index contributed by atoms with van der Waals surface area (Å²) < 4.78 is 11.2. The van der Waals surface area contributed by atoms with E-state index in [0.717, 1.165) is 77.0 Å². The molecular formula is C60H103NO8. The van der Waals surface area contributed by atoms with Crippen molar-refractivity contribution < 1.29 is 39.8 Å². The van der Waals surface area contributed by atoms with Crippen LogP contribution in [0.4, 0.5) is 0 Å². The molecule has 0 aromatic rings. The molecule has 0 aromatic heterocycles. The third-order valence-corrected chi connectivity index (χ3v) is 12.6. The summed E-state index contributed by atoms with van der Waals surface area (Å²) in [5.74, 6) is -0.193. The molecule has 0 aromatic carbocycles. The lowest BCUT2D eigenvalue weighted by molar-refractivity contribution is -0.302. The zero-order valence-electron chi connectivity index (χ0n) is 43.8. The maximum atomic E-state index is 13.0. The van der Waals surface area contributed by atoms with E-state index in [-0.39, 0.29) is 12.5 Å². The Hall–Kier alpha value is -2.89. The molecule has 0 aliphatic carbocycles. The van der Waals surface area contributed by atoms with Crippen LogP contribution in [0, 0.1) is 0 Å². The van der Waals surface area contributed by atoms with Gasteiger partial charge in [0.2, 0.25) is 5.91 Å². The Morgan fingerprint density at radius 2 is 0.913 bits per heavy atom. The number of unbranched alkanes of at least 4 members (excludes halogenated alkanes) is 22. The summed E-state index contributed by atoms with van der Waals surface area (Å²) >= 11 is 0. The Morgan fingerprint density at radius 3 is 1.39 bits per heavy atom. The van der Waals surface area contributed by atoms with Crippen LogP contribution in [0.1, 0.15) is 219 Å². The molecule has 9 nitrogen and oxygen atoms in total. The number of carbonyl (C=O) groups is 1. The van der Waals surface area contributed by atoms with Crippen LogP contribution in [-0.4, -0.2) is 87.5 Å². The van der Waals surface area contributed by atoms with Gasteiger partial charge >= 0.3 is 0 Å². The van der Waals surface area contributed by atoms with Gasteiger partial charge < -0.3 is 40.3 Å². The average Bonchev–Trinajstić information content (AvgIpc) is 3.35. The quantitative estimate of drug-likeness (QED) is 0.0261. The lowest BCUT2D eigenvalue weighted by Gasteiger charge is -2.40. The fourth-order valence-corrected chi connectivity index (χ4v) is 8.23. The molecule has 1 heterocycles. The van der Waals surface area contributed by atoms with Crippen LogP contribution in [-0.2, 0) is 14.3 Å². The molecule has 7 unspecified atom stereocenters. The Labute approximate surface area is 422 Å². The van der Waals surface area contributed by atoms with Crippen LogP contribution in [0.3, 0.4) is 0 Å². The van der Waals surface area contributed by atoms with Crippen molar-refractivity contribution in [1.82, 2.24) is 5.32 Å². The van der Waals surface area contributed by atoms with Gasteiger partial charge in [0.1, 0.15) is 24.4 Å². The number of nitrogens with one attached hydrogen (secondary N) is 1. The standard InChI is InChI=1S/C60H103NO8/c1-3-5-7-9-11-13-15-17-19-20-21-22-23-24-25-26-27-28-29-30-31-32-33-34-36-38-40-42-44-46-48-50-56(64)61-53(52-68-60-59(67)58(66)57(65)55(51-62)69-60)54(63)49-47-45-43-41-39-37-35-18-16-14-12-10-8-6-4-2/h5,7,11,13,17,19,21-22,24-25,27-28,39,41,47,49,53-55,57-60,62-63,65-67H,3-4,6,8-10,12,14-16,18,20,23,26,29-38,40,42-46,48,50-52H2,1-2H3,(H,61,64)/b7-5-,13-11-,19-17-,22-21-,25-24-,28-27-,41-39+,49-47+. The molecule has 6 N–H and O–H groups in total. The first-order valence-corrected chi connectivity index (χ1v) is 28.0. The molecule has 0 radical (unpaired) electrons. The number of hydrogen-bond donors (Lipinski definition) is 6. The maximum absolute atomic E-state index is 13.0. The molecule has 7 atom stereocenters. The Kier molecular flexibility index (Phi) is 45.3. The molecule has 0 bridgehead atoms. The molecule has 1 aliphatic heterocycles. The van der Waals surface area contributed by atoms with Crippen LogP contribution in [0.5, 0.6) is 0 Å². The molecule has 9 heteroatoms. The number of ether oxygens (including phenoxy) is 2. The van der Waals surface area contributed by atoms with Crippen molar-refractivity contribution in [2.45, 2.75) is 262 Å². The van der Waals surface area contributed by atoms with Crippen LogP contribution in [0.2, 0.25) is 0 Å². The van der Waals surface area contributed by atoms with E-state index < -0.39 is 49.5 Å². The number of aliphatic hydroxyl groups is 5. The van der Waals surface area contributed by atoms with Gasteiger partial charge in [-0.15, -0.1) is 0 Å². The van der Waals surface area contributed by atoms with Gasteiger partial charge in [-0.2, -0.15) is 0 Å². The first kappa shape index (κ1) is 64.1. The number of carbonyl (C=O) groups excluding carboxylic acids is 1. The van der Waals surface area contributed by atoms with E-state index in [2.05, 4.69) is 104 Å². The van der Waals surface area contributed by atoms with Crippen molar-refractivity contribution in [2.75, 3.05) is 13.2 Å². The second-order valence-corrected chi connectivity index (χ2v) is 19.0. The zero-order valence-corrected chi connectivity index (χ0v) is 43.8. The monoisotopic (exact) mass is 966 g/mol. The fourth-order valence-electron chi connectivity index (χ4n) is 8.23. The molecule has 1 aliphatic rings. The minimum absolute atomic E-state index is 0.193. The van der Waals surface area contributed by atoms with E-state index >= 15 is 0 Å². The Morgan fingerprint density at radius 1 is 0.507 bits per heavy atom. The summed E-state index contributed by atoms with van der Waals surface area (Å²) in [6, 6.07) is -0.828. The van der Waals surface area contributed by atoms with Gasteiger partial charge in [0.15, 0.2) is 6.29 Å². The second kappa shape index (κ2) is 48.7. The number of aliphatic hydroxyl groups excluding tert-OH is 5. The van der Waals surface area contributed by atoms with Gasteiger partial charge in [0, 0.05) is 6.42 Å². The summed E-state index contributed by atoms with van der Waals surface area (Å²) in [6.07, 6.45) is 63.2. The van der Waals surface area contributed by atoms with Gasteiger partial charge in [0.25, 0.3) is 0 Å². The summed E-state index contributed by atoms with van der Waals surface area (Å²) in [5.41, 5.74) is 0. The van der Waals surface area contributed by atoms with Gasteiger partial charge in [0.05, 0.1) is 25.4 Å². The lowest BCUT2D eigenvalue weighted by Crippen LogP contribution is -2.60. The maximum Gasteiger partial charge on any atom is 0.220 e. The molecule has 0 saturated carbocycles. The van der Waals surface area contributed by atoms with Crippen molar-refractivity contribution in [3.05, 3.63) is 97.2 Å². The number of rotatable bonds is 46. The van der Waals surface area contributed by atoms with Crippen LogP contribution < -0.4 is 5.32 Å². The molecule has 1 rings (SSSR count). The minimum atomic E-state index is -1.58. The predicted octanol–water partition coefficient (Wildman–Crippen LogP) is 13.6. The zero-order chi connectivity index (χ0) is 50.1. The molecule has 69 heavy (non-hydrogen) atoms. The van der Waals surface area contributed by atoms with Crippen molar-refractivity contribution in [2.24, 2.45) is 0 Å². The summed E-state index contributed by atoms with van der Waals surface area (Å²) in [6.45, 7) is 3.64. The van der Waals surface area contributed by atoms with E-state index in [1.165, 1.54) is 122 Å². The Bertz CT molecular complexity index is 1400. The number of hydrogen-bond acceptors (Lipinski definition) is 8. The Balaban J connectivity index is 2.21. The number of allylic oxidation sites excluding steroid dienone is 15. The van der Waals surface area contributed by atoms with Crippen LogP contribution >= 0.6 is 0 Å². The van der Waals surface area contributed by atoms with Gasteiger partial charge in [-0.05, 0) is 83.5 Å². The summed E-state index contributed by atoms with van der Waals surface area (Å²) in [7, 11) is 0. The van der Waals surface area contributed by atoms with E-state index in [1.807, 2.05) is 6.08 Å². The highest BCUT2D eigenvalue weighted by atomic mass is 16.7. The molecular weight excluding hydrogens is 863 g/mol. The third-order valence-electron chi connectivity index (χ3n) is 12.6. The molecule has 1 saturated heterocycles. The first-order valence-electron chi connectivity index (χ1n) is 28.0. The summed E-state index contributed by atoms with van der Waals surface area (Å²) in [4.78, 5) is 13.0. The predicted molar refractivity (Wildman–Crippen MR) is 290 cm³/mol. The normalized spacial score (nSPS) is 20.2. The highest BCUT2D eigenvalue weighted by Crippen LogP contribution is 2.23. The van der Waals surface area contributed by atoms with Crippen molar-refractivity contribution in [3.8, 4) is 0 Å². The minimum Gasteiger partial charge on any atom is -0.394 e. The molecule has 1 fully saturated rings. The first-order chi connectivity index (χ1) is 33.8. The molecule has 1 amide bonds. The second-order valence-electron chi connectivity index (χ2n) is 19.0. The fraction of sp³-hybridized carbons (Fsp3) is 0.717. The largest absolute Gasteiger partial charge is 0.394 e. The summed E-state index contributed by atoms with van der Waals surface area (Å²) in [5, 5.41) is 54.4. The van der Waals surface area contributed by atoms with Crippen molar-refractivity contribution >= 4 is 5.91 Å². The van der Waals surface area contributed by atoms with E-state index in [1.54, 1.807) is 6.08 Å². The van der Waals surface area contributed by atoms with Gasteiger partial charge in [-0.3, -0.25) is 4.79 Å². The highest BCUT2D eigenvalue weighted by molar-refractivity contribution is 5.76. The van der Waals surface area contributed by atoms with Gasteiger partial charge in [-0.1, -0.05) is 227 Å². The van der Waals surface area contributed by atoms with Crippen molar-refractivity contribution in [1.29, 1.82) is 0 Å². The topological polar surface area (TPSA) is 149 Å². The number of amides is 1. The third kappa shape index (κ3) is 38.5. The van der Waals surface area contributed by atoms with Gasteiger partial charge in [-0.25, -0.2) is 0 Å². The van der Waals surface area contributed by atoms with E-state index in [4.69, 9.17) is 9.47 Å². The van der Waals surface area contributed by atoms with Crippen LogP contribution in [0.25, 0.3) is 0 Å². The van der Waals surface area contributed by atoms with Crippen molar-refractivity contribution in [3.63, 3.8) is 0 Å². The van der Waals surface area contributed by atoms with E-state index in [0.29, 0.717) is 6.42 Å². The average molecular weight is 966 g/mol. The molecule has 0 spiro atoms. The molecule has 396 valence electrons. The van der Waals surface area contributed by atoms with E-state index in [9.17, 15) is 30.3 Å². The highest BCUT2D eigenvalue weighted by Gasteiger charge is 2.44. The SMILES string of the molecule is CC/C=C\C/C=C\C/C=C\C/C=C\C/C=C\C/C=C\CCCCCCCCCCCCCCC(=O)NC(COC1OC(CO)C(O)C(O)C1O)C(O)/C=C/CC/C=C/CCCCCCCCCCC. The smallest absolute Gasteiger partial charge is 0.220 e.